The van der Waals surface area contributed by atoms with Crippen molar-refractivity contribution in [2.24, 2.45) is 4.99 Å². The van der Waals surface area contributed by atoms with E-state index in [4.69, 9.17) is 9.47 Å². The Kier molecular flexibility index (Phi) is 7.34. The lowest BCUT2D eigenvalue weighted by Crippen LogP contribution is -2.36. The lowest BCUT2D eigenvalue weighted by Gasteiger charge is -2.17. The zero-order valence-electron chi connectivity index (χ0n) is 18.6. The maximum atomic E-state index is 6.11. The second-order valence-corrected chi connectivity index (χ2v) is 7.81. The third-order valence-electron chi connectivity index (χ3n) is 5.35. The number of aromatic nitrogens is 3. The first-order chi connectivity index (χ1) is 15.7. The molecular formula is C24H30N6O2. The van der Waals surface area contributed by atoms with Crippen LogP contribution >= 0.6 is 0 Å². The molecule has 0 amide bonds. The van der Waals surface area contributed by atoms with Crippen molar-refractivity contribution in [2.75, 3.05) is 20.3 Å². The molecule has 0 radical (unpaired) electrons. The van der Waals surface area contributed by atoms with Crippen LogP contribution in [0.3, 0.4) is 0 Å². The number of rotatable bonds is 8. The van der Waals surface area contributed by atoms with Gasteiger partial charge in [0.25, 0.3) is 0 Å². The third kappa shape index (κ3) is 5.85. The van der Waals surface area contributed by atoms with Gasteiger partial charge in [-0.15, -0.1) is 0 Å². The average Bonchev–Trinajstić information content (AvgIpc) is 3.53. The van der Waals surface area contributed by atoms with Crippen molar-refractivity contribution in [1.29, 1.82) is 0 Å². The number of hydrogen-bond acceptors (Lipinski definition) is 5. The fourth-order valence-corrected chi connectivity index (χ4v) is 3.59. The Morgan fingerprint density at radius 3 is 2.91 bits per heavy atom. The Balaban J connectivity index is 1.33. The molecule has 168 valence electrons. The van der Waals surface area contributed by atoms with E-state index in [1.54, 1.807) is 24.1 Å². The molecule has 0 bridgehead atoms. The van der Waals surface area contributed by atoms with Crippen molar-refractivity contribution in [3.05, 3.63) is 71.7 Å². The molecule has 0 spiro atoms. The first-order valence-corrected chi connectivity index (χ1v) is 10.9. The predicted molar refractivity (Wildman–Crippen MR) is 124 cm³/mol. The summed E-state index contributed by atoms with van der Waals surface area (Å²) >= 11 is 0. The molecule has 0 saturated carbocycles. The molecule has 1 aromatic carbocycles. The van der Waals surface area contributed by atoms with Crippen LogP contribution < -0.4 is 15.4 Å². The van der Waals surface area contributed by atoms with Gasteiger partial charge in [0.05, 0.1) is 6.10 Å². The molecular weight excluding hydrogens is 404 g/mol. The van der Waals surface area contributed by atoms with Crippen LogP contribution in [-0.2, 0) is 17.8 Å². The molecule has 3 aromatic rings. The number of hydrogen-bond donors (Lipinski definition) is 2. The monoisotopic (exact) mass is 434 g/mol. The van der Waals surface area contributed by atoms with E-state index < -0.39 is 0 Å². The fraction of sp³-hybridized carbons (Fsp3) is 0.375. The second kappa shape index (κ2) is 10.8. The highest BCUT2D eigenvalue weighted by Gasteiger charge is 2.17. The number of aryl methyl sites for hydroxylation is 1. The number of aliphatic imine (C=N–C) groups is 1. The van der Waals surface area contributed by atoms with Gasteiger partial charge in [-0.25, -0.2) is 9.67 Å². The number of benzene rings is 1. The Bertz CT molecular complexity index is 1030. The Labute approximate surface area is 188 Å². The zero-order valence-corrected chi connectivity index (χ0v) is 18.6. The first kappa shape index (κ1) is 21.8. The summed E-state index contributed by atoms with van der Waals surface area (Å²) < 4.78 is 13.5. The van der Waals surface area contributed by atoms with E-state index >= 15 is 0 Å². The maximum absolute atomic E-state index is 6.11. The average molecular weight is 435 g/mol. The lowest BCUT2D eigenvalue weighted by atomic mass is 10.1. The molecule has 1 fully saturated rings. The fourth-order valence-electron chi connectivity index (χ4n) is 3.59. The maximum Gasteiger partial charge on any atom is 0.191 e. The summed E-state index contributed by atoms with van der Waals surface area (Å²) in [4.78, 5) is 8.72. The van der Waals surface area contributed by atoms with Crippen molar-refractivity contribution in [3.8, 4) is 11.6 Å². The van der Waals surface area contributed by atoms with Gasteiger partial charge >= 0.3 is 0 Å². The minimum atomic E-state index is 0.192. The highest BCUT2D eigenvalue weighted by atomic mass is 16.5. The van der Waals surface area contributed by atoms with Gasteiger partial charge in [-0.05, 0) is 55.2 Å². The van der Waals surface area contributed by atoms with Crippen molar-refractivity contribution in [1.82, 2.24) is 25.4 Å². The first-order valence-electron chi connectivity index (χ1n) is 10.9. The number of pyridine rings is 1. The molecule has 2 N–H and O–H groups in total. The minimum absolute atomic E-state index is 0.192. The molecule has 4 rings (SSSR count). The molecule has 1 saturated heterocycles. The van der Waals surface area contributed by atoms with Crippen molar-refractivity contribution < 1.29 is 9.47 Å². The number of nitrogens with zero attached hydrogens (tertiary/aromatic N) is 4. The van der Waals surface area contributed by atoms with E-state index in [0.29, 0.717) is 25.7 Å². The molecule has 1 aliphatic heterocycles. The van der Waals surface area contributed by atoms with Crippen molar-refractivity contribution in [3.63, 3.8) is 0 Å². The lowest BCUT2D eigenvalue weighted by molar-refractivity contribution is 0.0676. The van der Waals surface area contributed by atoms with Gasteiger partial charge in [-0.3, -0.25) is 4.99 Å². The molecule has 2 aromatic heterocycles. The SMILES string of the molecule is CN=C(NCc1ccnc(-n2cccn2)c1)NCc1ccc(C)cc1OCC1CCCO1. The summed E-state index contributed by atoms with van der Waals surface area (Å²) in [5, 5.41) is 11.0. The number of guanidine groups is 1. The molecule has 1 atom stereocenters. The smallest absolute Gasteiger partial charge is 0.191 e. The standard InChI is InChI=1S/C24H30N6O2/c1-18-6-7-20(22(13-18)32-17-21-5-3-12-31-21)16-28-24(25-2)27-15-19-8-10-26-23(14-19)30-11-4-9-29-30/h4,6-11,13-14,21H,3,5,12,15-17H2,1-2H3,(H2,25,27,28). The predicted octanol–water partition coefficient (Wildman–Crippen LogP) is 3.00. The summed E-state index contributed by atoms with van der Waals surface area (Å²) in [5.41, 5.74) is 3.34. The van der Waals surface area contributed by atoms with Gasteiger partial charge < -0.3 is 20.1 Å². The highest BCUT2D eigenvalue weighted by molar-refractivity contribution is 5.79. The van der Waals surface area contributed by atoms with Crippen LogP contribution in [0.25, 0.3) is 5.82 Å². The van der Waals surface area contributed by atoms with E-state index in [0.717, 1.165) is 42.1 Å². The molecule has 32 heavy (non-hydrogen) atoms. The molecule has 8 nitrogen and oxygen atoms in total. The van der Waals surface area contributed by atoms with Crippen molar-refractivity contribution in [2.45, 2.75) is 39.0 Å². The molecule has 1 unspecified atom stereocenters. The van der Waals surface area contributed by atoms with Crippen molar-refractivity contribution >= 4 is 5.96 Å². The van der Waals surface area contributed by atoms with Crippen LogP contribution in [0.4, 0.5) is 0 Å². The van der Waals surface area contributed by atoms with Crippen LogP contribution in [0, 0.1) is 6.92 Å². The number of nitrogens with one attached hydrogen (secondary N) is 2. The Hall–Kier alpha value is -3.39. The second-order valence-electron chi connectivity index (χ2n) is 7.81. The van der Waals surface area contributed by atoms with Gasteiger partial charge in [0.1, 0.15) is 12.4 Å². The van der Waals surface area contributed by atoms with Crippen LogP contribution in [0.15, 0.2) is 60.0 Å². The minimum Gasteiger partial charge on any atom is -0.491 e. The molecule has 8 heteroatoms. The normalized spacial score (nSPS) is 16.2. The van der Waals surface area contributed by atoms with Crippen LogP contribution in [0.2, 0.25) is 0 Å². The van der Waals surface area contributed by atoms with Crippen LogP contribution in [-0.4, -0.2) is 47.1 Å². The van der Waals surface area contributed by atoms with Gasteiger partial charge in [0.15, 0.2) is 11.8 Å². The highest BCUT2D eigenvalue weighted by Crippen LogP contribution is 2.22. The molecule has 3 heterocycles. The zero-order chi connectivity index (χ0) is 22.2. The van der Waals surface area contributed by atoms with E-state index in [1.165, 1.54) is 5.56 Å². The van der Waals surface area contributed by atoms with Crippen LogP contribution in [0.5, 0.6) is 5.75 Å². The van der Waals surface area contributed by atoms with Gasteiger partial charge in [0.2, 0.25) is 0 Å². The van der Waals surface area contributed by atoms with Crippen LogP contribution in [0.1, 0.15) is 29.5 Å². The van der Waals surface area contributed by atoms with E-state index in [-0.39, 0.29) is 6.10 Å². The third-order valence-corrected chi connectivity index (χ3v) is 5.35. The Morgan fingerprint density at radius 1 is 1.22 bits per heavy atom. The van der Waals surface area contributed by atoms with Gasteiger partial charge in [0, 0.05) is 50.9 Å². The summed E-state index contributed by atoms with van der Waals surface area (Å²) in [6.45, 7) is 4.72. The number of ether oxygens (including phenoxy) is 2. The van der Waals surface area contributed by atoms with E-state index in [9.17, 15) is 0 Å². The summed E-state index contributed by atoms with van der Waals surface area (Å²) in [7, 11) is 1.76. The van der Waals surface area contributed by atoms with E-state index in [1.807, 2.05) is 24.4 Å². The summed E-state index contributed by atoms with van der Waals surface area (Å²) in [6.07, 6.45) is 7.76. The summed E-state index contributed by atoms with van der Waals surface area (Å²) in [6, 6.07) is 12.1. The van der Waals surface area contributed by atoms with Gasteiger partial charge in [-0.1, -0.05) is 12.1 Å². The topological polar surface area (TPSA) is 85.6 Å². The largest absolute Gasteiger partial charge is 0.491 e. The summed E-state index contributed by atoms with van der Waals surface area (Å²) in [5.74, 6) is 2.39. The Morgan fingerprint density at radius 2 is 2.12 bits per heavy atom. The molecule has 0 aliphatic carbocycles. The van der Waals surface area contributed by atoms with E-state index in [2.05, 4.69) is 50.8 Å². The van der Waals surface area contributed by atoms with Gasteiger partial charge in [-0.2, -0.15) is 5.10 Å². The molecule has 1 aliphatic rings. The quantitative estimate of drug-likeness (QED) is 0.419.